The lowest BCUT2D eigenvalue weighted by Gasteiger charge is -2.26. The van der Waals surface area contributed by atoms with Crippen LogP contribution >= 0.6 is 0 Å². The van der Waals surface area contributed by atoms with Crippen LogP contribution in [0.25, 0.3) is 0 Å². The van der Waals surface area contributed by atoms with Gasteiger partial charge in [-0.05, 0) is 6.07 Å². The first-order chi connectivity index (χ1) is 9.66. The summed E-state index contributed by atoms with van der Waals surface area (Å²) in [6, 6.07) is 2.90. The van der Waals surface area contributed by atoms with Crippen molar-refractivity contribution in [3.63, 3.8) is 0 Å². The molecule has 0 radical (unpaired) electrons. The summed E-state index contributed by atoms with van der Waals surface area (Å²) in [5.41, 5.74) is -0.0556. The number of hydrogen-bond acceptors (Lipinski definition) is 6. The van der Waals surface area contributed by atoms with Crippen molar-refractivity contribution in [1.82, 2.24) is 9.88 Å². The number of amides is 1. The summed E-state index contributed by atoms with van der Waals surface area (Å²) >= 11 is 0. The zero-order chi connectivity index (χ0) is 14.4. The van der Waals surface area contributed by atoms with Gasteiger partial charge < -0.3 is 15.0 Å². The molecule has 1 N–H and O–H groups in total. The first kappa shape index (κ1) is 14.2. The van der Waals surface area contributed by atoms with E-state index in [0.717, 1.165) is 0 Å². The quantitative estimate of drug-likeness (QED) is 0.628. The Kier molecular flexibility index (Phi) is 4.83. The lowest BCUT2D eigenvalue weighted by Crippen LogP contribution is -2.41. The summed E-state index contributed by atoms with van der Waals surface area (Å²) < 4.78 is 5.18. The van der Waals surface area contributed by atoms with Crippen LogP contribution in [0.3, 0.4) is 0 Å². The van der Waals surface area contributed by atoms with Crippen LogP contribution in [0.4, 0.5) is 11.5 Å². The topological polar surface area (TPSA) is 97.6 Å². The second kappa shape index (κ2) is 6.80. The number of nitrogens with one attached hydrogen (secondary N) is 1. The van der Waals surface area contributed by atoms with Crippen molar-refractivity contribution in [2.75, 3.05) is 38.2 Å². The van der Waals surface area contributed by atoms with E-state index in [9.17, 15) is 14.9 Å². The minimum absolute atomic E-state index is 0.0556. The second-order valence-electron chi connectivity index (χ2n) is 4.33. The number of aromatic nitrogens is 1. The van der Waals surface area contributed by atoms with Crippen LogP contribution in [0.15, 0.2) is 18.3 Å². The number of rotatable bonds is 5. The molecule has 108 valence electrons. The highest BCUT2D eigenvalue weighted by molar-refractivity contribution is 5.76. The lowest BCUT2D eigenvalue weighted by molar-refractivity contribution is -0.385. The van der Waals surface area contributed by atoms with E-state index in [1.54, 1.807) is 4.90 Å². The number of carbonyl (C=O) groups is 1. The maximum atomic E-state index is 11.9. The molecule has 1 aromatic rings. The zero-order valence-electron chi connectivity index (χ0n) is 10.9. The molecule has 0 aliphatic carbocycles. The third-order valence-corrected chi connectivity index (χ3v) is 2.97. The molecule has 0 bridgehead atoms. The molecule has 1 aliphatic heterocycles. The van der Waals surface area contributed by atoms with Gasteiger partial charge in [-0.3, -0.25) is 14.9 Å². The van der Waals surface area contributed by atoms with E-state index >= 15 is 0 Å². The van der Waals surface area contributed by atoms with Gasteiger partial charge >= 0.3 is 0 Å². The van der Waals surface area contributed by atoms with Crippen LogP contribution in [-0.2, 0) is 9.53 Å². The van der Waals surface area contributed by atoms with Crippen molar-refractivity contribution in [2.45, 2.75) is 6.42 Å². The monoisotopic (exact) mass is 280 g/mol. The Balaban J connectivity index is 1.74. The highest BCUT2D eigenvalue weighted by Crippen LogP contribution is 2.11. The lowest BCUT2D eigenvalue weighted by atomic mass is 10.3. The van der Waals surface area contributed by atoms with Crippen LogP contribution < -0.4 is 5.32 Å². The molecule has 8 heteroatoms. The Morgan fingerprint density at radius 1 is 1.45 bits per heavy atom. The number of anilines is 1. The highest BCUT2D eigenvalue weighted by Gasteiger charge is 2.16. The molecule has 0 unspecified atom stereocenters. The van der Waals surface area contributed by atoms with E-state index in [1.165, 1.54) is 18.3 Å². The molecule has 1 fully saturated rings. The van der Waals surface area contributed by atoms with Crippen LogP contribution in [0, 0.1) is 10.1 Å². The molecule has 20 heavy (non-hydrogen) atoms. The molecule has 0 spiro atoms. The molecular formula is C12H16N4O4. The van der Waals surface area contributed by atoms with Gasteiger partial charge in [0.25, 0.3) is 5.69 Å². The number of morpholine rings is 1. The molecule has 8 nitrogen and oxygen atoms in total. The fraction of sp³-hybridized carbons (Fsp3) is 0.500. The summed E-state index contributed by atoms with van der Waals surface area (Å²) in [4.78, 5) is 27.5. The molecule has 1 aliphatic rings. The van der Waals surface area contributed by atoms with E-state index in [4.69, 9.17) is 4.74 Å². The molecule has 1 amide bonds. The van der Waals surface area contributed by atoms with Crippen molar-refractivity contribution in [1.29, 1.82) is 0 Å². The maximum absolute atomic E-state index is 11.9. The van der Waals surface area contributed by atoms with E-state index in [-0.39, 0.29) is 11.6 Å². The van der Waals surface area contributed by atoms with Gasteiger partial charge in [0.15, 0.2) is 0 Å². The molecule has 0 saturated carbocycles. The predicted molar refractivity (Wildman–Crippen MR) is 71.4 cm³/mol. The van der Waals surface area contributed by atoms with Crippen molar-refractivity contribution < 1.29 is 14.5 Å². The Hall–Kier alpha value is -2.22. The standard InChI is InChI=1S/C12H16N4O4/c17-12(15-5-7-20-8-6-15)3-4-13-11-2-1-10(9-14-11)16(18)19/h1-2,9H,3-8H2,(H,13,14). The normalized spacial score (nSPS) is 14.9. The second-order valence-corrected chi connectivity index (χ2v) is 4.33. The van der Waals surface area contributed by atoms with Gasteiger partial charge in [-0.25, -0.2) is 4.98 Å². The van der Waals surface area contributed by atoms with Crippen molar-refractivity contribution >= 4 is 17.4 Å². The Morgan fingerprint density at radius 3 is 2.80 bits per heavy atom. The van der Waals surface area contributed by atoms with Crippen molar-refractivity contribution in [3.05, 3.63) is 28.4 Å². The van der Waals surface area contributed by atoms with Gasteiger partial charge in [0, 0.05) is 32.1 Å². The first-order valence-electron chi connectivity index (χ1n) is 6.36. The summed E-state index contributed by atoms with van der Waals surface area (Å²) in [6.45, 7) is 2.89. The van der Waals surface area contributed by atoms with Gasteiger partial charge in [0.2, 0.25) is 5.91 Å². The van der Waals surface area contributed by atoms with Crippen molar-refractivity contribution in [3.8, 4) is 0 Å². The Morgan fingerprint density at radius 2 is 2.20 bits per heavy atom. The molecule has 0 aromatic carbocycles. The number of ether oxygens (including phenoxy) is 1. The summed E-state index contributed by atoms with van der Waals surface area (Å²) in [6.07, 6.45) is 1.55. The molecule has 1 aromatic heterocycles. The zero-order valence-corrected chi connectivity index (χ0v) is 10.9. The molecule has 2 rings (SSSR count). The fourth-order valence-electron chi connectivity index (χ4n) is 1.87. The summed E-state index contributed by atoms with van der Waals surface area (Å²) in [7, 11) is 0. The largest absolute Gasteiger partial charge is 0.378 e. The fourth-order valence-corrected chi connectivity index (χ4v) is 1.87. The number of carbonyl (C=O) groups excluding carboxylic acids is 1. The minimum atomic E-state index is -0.501. The minimum Gasteiger partial charge on any atom is -0.378 e. The van der Waals surface area contributed by atoms with E-state index < -0.39 is 4.92 Å². The first-order valence-corrected chi connectivity index (χ1v) is 6.36. The Labute approximate surface area is 115 Å². The van der Waals surface area contributed by atoms with Crippen LogP contribution in [0.5, 0.6) is 0 Å². The van der Waals surface area contributed by atoms with Crippen molar-refractivity contribution in [2.24, 2.45) is 0 Å². The van der Waals surface area contributed by atoms with Gasteiger partial charge in [0.1, 0.15) is 12.0 Å². The predicted octanol–water partition coefficient (Wildman–Crippen LogP) is 0.651. The average molecular weight is 280 g/mol. The van der Waals surface area contributed by atoms with Gasteiger partial charge in [0.05, 0.1) is 18.1 Å². The van der Waals surface area contributed by atoms with E-state index in [2.05, 4.69) is 10.3 Å². The average Bonchev–Trinajstić information content (AvgIpc) is 2.48. The van der Waals surface area contributed by atoms with E-state index in [0.29, 0.717) is 45.1 Å². The molecule has 1 saturated heterocycles. The number of nitro groups is 1. The van der Waals surface area contributed by atoms with E-state index in [1.807, 2.05) is 0 Å². The molecular weight excluding hydrogens is 264 g/mol. The summed E-state index contributed by atoms with van der Waals surface area (Å²) in [5, 5.41) is 13.4. The number of pyridine rings is 1. The van der Waals surface area contributed by atoms with Gasteiger partial charge in [-0.2, -0.15) is 0 Å². The number of hydrogen-bond donors (Lipinski definition) is 1. The maximum Gasteiger partial charge on any atom is 0.287 e. The van der Waals surface area contributed by atoms with Gasteiger partial charge in [-0.15, -0.1) is 0 Å². The third kappa shape index (κ3) is 3.89. The van der Waals surface area contributed by atoms with Crippen LogP contribution in [0.1, 0.15) is 6.42 Å². The molecule has 0 atom stereocenters. The van der Waals surface area contributed by atoms with Crippen LogP contribution in [-0.4, -0.2) is 53.6 Å². The molecule has 2 heterocycles. The van der Waals surface area contributed by atoms with Gasteiger partial charge in [-0.1, -0.05) is 0 Å². The van der Waals surface area contributed by atoms with Crippen LogP contribution in [0.2, 0.25) is 0 Å². The third-order valence-electron chi connectivity index (χ3n) is 2.97. The highest BCUT2D eigenvalue weighted by atomic mass is 16.6. The Bertz CT molecular complexity index is 471. The SMILES string of the molecule is O=C(CCNc1ccc([N+](=O)[O-])cn1)N1CCOCC1. The smallest absolute Gasteiger partial charge is 0.287 e. The summed E-state index contributed by atoms with van der Waals surface area (Å²) in [5.74, 6) is 0.591. The number of nitrogens with zero attached hydrogens (tertiary/aromatic N) is 3.